The number of nitrogens with zero attached hydrogens (tertiary/aromatic N) is 3. The Labute approximate surface area is 124 Å². The fourth-order valence-corrected chi connectivity index (χ4v) is 3.08. The molecule has 1 fully saturated rings. The Kier molecular flexibility index (Phi) is 4.24. The minimum atomic E-state index is 0.705. The molecule has 1 aliphatic rings. The highest BCUT2D eigenvalue weighted by atomic mass is 35.5. The fraction of sp³-hybridized carbons (Fsp3) is 0.533. The summed E-state index contributed by atoms with van der Waals surface area (Å²) in [5.74, 6) is 1.14. The Morgan fingerprint density at radius 3 is 2.80 bits per heavy atom. The summed E-state index contributed by atoms with van der Waals surface area (Å²) >= 11 is 6.08. The van der Waals surface area contributed by atoms with E-state index in [0.717, 1.165) is 41.4 Å². The van der Waals surface area contributed by atoms with Crippen molar-refractivity contribution in [2.75, 3.05) is 19.6 Å². The number of imidazole rings is 1. The maximum Gasteiger partial charge on any atom is 0.124 e. The van der Waals surface area contributed by atoms with Gasteiger partial charge in [0.2, 0.25) is 0 Å². The van der Waals surface area contributed by atoms with Gasteiger partial charge in [-0.25, -0.2) is 4.98 Å². The van der Waals surface area contributed by atoms with Gasteiger partial charge in [0, 0.05) is 11.6 Å². The number of halogens is 1. The highest BCUT2D eigenvalue weighted by Gasteiger charge is 2.17. The average molecular weight is 293 g/mol. The molecular formula is C15H21ClN4. The summed E-state index contributed by atoms with van der Waals surface area (Å²) in [6, 6.07) is 5.95. The number of aromatic nitrogens is 2. The van der Waals surface area contributed by atoms with Gasteiger partial charge in [0.1, 0.15) is 5.82 Å². The number of aryl methyl sites for hydroxylation is 1. The molecule has 0 unspecified atom stereocenters. The van der Waals surface area contributed by atoms with E-state index in [9.17, 15) is 0 Å². The third-order valence-electron chi connectivity index (χ3n) is 3.94. The first-order chi connectivity index (χ1) is 9.78. The van der Waals surface area contributed by atoms with E-state index in [1.54, 1.807) is 0 Å². The molecule has 5 heteroatoms. The van der Waals surface area contributed by atoms with Crippen LogP contribution in [0.15, 0.2) is 18.2 Å². The molecule has 0 saturated carbocycles. The van der Waals surface area contributed by atoms with Gasteiger partial charge in [-0.2, -0.15) is 0 Å². The van der Waals surface area contributed by atoms with E-state index in [2.05, 4.69) is 15.5 Å². The second kappa shape index (κ2) is 6.12. The van der Waals surface area contributed by atoms with Gasteiger partial charge in [-0.1, -0.05) is 11.6 Å². The molecule has 4 nitrogen and oxygen atoms in total. The van der Waals surface area contributed by atoms with Crippen molar-refractivity contribution >= 4 is 22.6 Å². The first-order valence-electron chi connectivity index (χ1n) is 7.35. The molecule has 0 bridgehead atoms. The molecule has 0 radical (unpaired) electrons. The Balaban J connectivity index is 1.94. The van der Waals surface area contributed by atoms with Crippen molar-refractivity contribution in [2.24, 2.45) is 5.73 Å². The van der Waals surface area contributed by atoms with E-state index in [0.29, 0.717) is 6.54 Å². The maximum absolute atomic E-state index is 6.08. The first kappa shape index (κ1) is 13.9. The SMILES string of the molecule is NCCCn1c(CN2CCCC2)nc2cc(Cl)ccc21. The zero-order chi connectivity index (χ0) is 13.9. The van der Waals surface area contributed by atoms with Gasteiger partial charge < -0.3 is 10.3 Å². The Bertz CT molecular complexity index is 587. The molecule has 2 heterocycles. The largest absolute Gasteiger partial charge is 0.330 e. The molecule has 0 amide bonds. The molecule has 20 heavy (non-hydrogen) atoms. The lowest BCUT2D eigenvalue weighted by atomic mass is 10.3. The minimum absolute atomic E-state index is 0.705. The van der Waals surface area contributed by atoms with Gasteiger partial charge in [0.15, 0.2) is 0 Å². The lowest BCUT2D eigenvalue weighted by molar-refractivity contribution is 0.316. The van der Waals surface area contributed by atoms with Crippen LogP contribution >= 0.6 is 11.6 Å². The molecule has 0 aliphatic carbocycles. The van der Waals surface area contributed by atoms with Crippen LogP contribution in [0.4, 0.5) is 0 Å². The highest BCUT2D eigenvalue weighted by molar-refractivity contribution is 6.31. The topological polar surface area (TPSA) is 47.1 Å². The normalized spacial score (nSPS) is 16.3. The monoisotopic (exact) mass is 292 g/mol. The van der Waals surface area contributed by atoms with Crippen molar-refractivity contribution in [1.29, 1.82) is 0 Å². The summed E-state index contributed by atoms with van der Waals surface area (Å²) in [4.78, 5) is 7.26. The lowest BCUT2D eigenvalue weighted by Crippen LogP contribution is -2.21. The van der Waals surface area contributed by atoms with E-state index in [4.69, 9.17) is 22.3 Å². The van der Waals surface area contributed by atoms with Crippen molar-refractivity contribution in [3.63, 3.8) is 0 Å². The summed E-state index contributed by atoms with van der Waals surface area (Å²) < 4.78 is 2.30. The van der Waals surface area contributed by atoms with Gasteiger partial charge in [-0.15, -0.1) is 0 Å². The minimum Gasteiger partial charge on any atom is -0.330 e. The predicted octanol–water partition coefficient (Wildman–Crippen LogP) is 2.63. The number of benzene rings is 1. The number of fused-ring (bicyclic) bond motifs is 1. The fourth-order valence-electron chi connectivity index (χ4n) is 2.91. The van der Waals surface area contributed by atoms with Gasteiger partial charge in [-0.05, 0) is 57.1 Å². The number of hydrogen-bond acceptors (Lipinski definition) is 3. The molecule has 2 N–H and O–H groups in total. The molecule has 1 saturated heterocycles. The number of nitrogens with two attached hydrogens (primary N) is 1. The summed E-state index contributed by atoms with van der Waals surface area (Å²) in [5.41, 5.74) is 7.82. The zero-order valence-electron chi connectivity index (χ0n) is 11.7. The standard InChI is InChI=1S/C15H21ClN4/c16-12-4-5-14-13(10-12)18-15(20(14)9-3-6-17)11-19-7-1-2-8-19/h4-5,10H,1-3,6-9,11,17H2. The molecule has 0 spiro atoms. The molecule has 1 aromatic carbocycles. The van der Waals surface area contributed by atoms with Gasteiger partial charge in [-0.3, -0.25) is 4.90 Å². The van der Waals surface area contributed by atoms with E-state index >= 15 is 0 Å². The second-order valence-corrected chi connectivity index (χ2v) is 5.87. The third-order valence-corrected chi connectivity index (χ3v) is 4.17. The third kappa shape index (κ3) is 2.82. The smallest absolute Gasteiger partial charge is 0.124 e. The van der Waals surface area contributed by atoms with E-state index in [-0.39, 0.29) is 0 Å². The quantitative estimate of drug-likeness (QED) is 0.921. The molecular weight excluding hydrogens is 272 g/mol. The zero-order valence-corrected chi connectivity index (χ0v) is 12.4. The maximum atomic E-state index is 6.08. The van der Waals surface area contributed by atoms with Crippen molar-refractivity contribution in [3.8, 4) is 0 Å². The van der Waals surface area contributed by atoms with E-state index in [1.165, 1.54) is 25.9 Å². The van der Waals surface area contributed by atoms with Crippen LogP contribution in [0.25, 0.3) is 11.0 Å². The van der Waals surface area contributed by atoms with Crippen LogP contribution < -0.4 is 5.73 Å². The van der Waals surface area contributed by atoms with Crippen LogP contribution in [0, 0.1) is 0 Å². The summed E-state index contributed by atoms with van der Waals surface area (Å²) in [7, 11) is 0. The lowest BCUT2D eigenvalue weighted by Gasteiger charge is -2.15. The number of rotatable bonds is 5. The van der Waals surface area contributed by atoms with E-state index < -0.39 is 0 Å². The van der Waals surface area contributed by atoms with Crippen LogP contribution in [-0.4, -0.2) is 34.1 Å². The van der Waals surface area contributed by atoms with Gasteiger partial charge >= 0.3 is 0 Å². The van der Waals surface area contributed by atoms with Gasteiger partial charge in [0.05, 0.1) is 17.6 Å². The first-order valence-corrected chi connectivity index (χ1v) is 7.73. The van der Waals surface area contributed by atoms with Crippen LogP contribution in [-0.2, 0) is 13.1 Å². The van der Waals surface area contributed by atoms with Gasteiger partial charge in [0.25, 0.3) is 0 Å². The van der Waals surface area contributed by atoms with Crippen LogP contribution in [0.1, 0.15) is 25.1 Å². The van der Waals surface area contributed by atoms with Crippen LogP contribution in [0.5, 0.6) is 0 Å². The molecule has 3 rings (SSSR count). The molecule has 2 aromatic rings. The van der Waals surface area contributed by atoms with E-state index in [1.807, 2.05) is 12.1 Å². The van der Waals surface area contributed by atoms with Crippen molar-refractivity contribution in [2.45, 2.75) is 32.4 Å². The van der Waals surface area contributed by atoms with Crippen LogP contribution in [0.3, 0.4) is 0 Å². The summed E-state index contributed by atoms with van der Waals surface area (Å²) in [6.07, 6.45) is 3.57. The molecule has 1 aliphatic heterocycles. The van der Waals surface area contributed by atoms with Crippen molar-refractivity contribution in [1.82, 2.24) is 14.5 Å². The number of hydrogen-bond donors (Lipinski definition) is 1. The second-order valence-electron chi connectivity index (χ2n) is 5.44. The Morgan fingerprint density at radius 2 is 2.05 bits per heavy atom. The van der Waals surface area contributed by atoms with Crippen molar-refractivity contribution in [3.05, 3.63) is 29.0 Å². The Morgan fingerprint density at radius 1 is 1.25 bits per heavy atom. The highest BCUT2D eigenvalue weighted by Crippen LogP contribution is 2.22. The number of likely N-dealkylation sites (tertiary alicyclic amines) is 1. The van der Waals surface area contributed by atoms with Crippen LogP contribution in [0.2, 0.25) is 5.02 Å². The molecule has 108 valence electrons. The summed E-state index contributed by atoms with van der Waals surface area (Å²) in [6.45, 7) is 4.92. The molecule has 1 aromatic heterocycles. The molecule has 0 atom stereocenters. The predicted molar refractivity (Wildman–Crippen MR) is 82.9 cm³/mol. The average Bonchev–Trinajstić information content (AvgIpc) is 3.04. The summed E-state index contributed by atoms with van der Waals surface area (Å²) in [5, 5.41) is 0.744. The Hall–Kier alpha value is -1.10. The van der Waals surface area contributed by atoms with Crippen molar-refractivity contribution < 1.29 is 0 Å².